The smallest absolute Gasteiger partial charge is 0.243 e. The first-order chi connectivity index (χ1) is 8.31. The van der Waals surface area contributed by atoms with Gasteiger partial charge in [0.15, 0.2) is 5.65 Å². The second-order valence-corrected chi connectivity index (χ2v) is 5.05. The molecule has 0 atom stereocenters. The number of aromatic nitrogens is 4. The van der Waals surface area contributed by atoms with Crippen molar-refractivity contribution >= 4 is 38.9 Å². The van der Waals surface area contributed by atoms with Gasteiger partial charge in [-0.2, -0.15) is 4.98 Å². The molecule has 5 nitrogen and oxygen atoms in total. The van der Waals surface area contributed by atoms with Crippen LogP contribution >= 0.6 is 27.3 Å². The Morgan fingerprint density at radius 3 is 3.18 bits per heavy atom. The van der Waals surface area contributed by atoms with Gasteiger partial charge in [0.05, 0.1) is 17.7 Å². The molecule has 86 valence electrons. The van der Waals surface area contributed by atoms with Crippen LogP contribution in [-0.4, -0.2) is 19.6 Å². The zero-order valence-electron chi connectivity index (χ0n) is 8.67. The lowest BCUT2D eigenvalue weighted by Crippen LogP contribution is -2.01. The van der Waals surface area contributed by atoms with Crippen LogP contribution < -0.4 is 5.32 Å². The Morgan fingerprint density at radius 2 is 2.35 bits per heavy atom. The third-order valence-electron chi connectivity index (χ3n) is 2.21. The molecule has 0 saturated carbocycles. The molecule has 3 rings (SSSR count). The van der Waals surface area contributed by atoms with Crippen molar-refractivity contribution in [2.75, 3.05) is 5.32 Å². The Morgan fingerprint density at radius 1 is 1.41 bits per heavy atom. The Hall–Kier alpha value is -1.47. The maximum atomic E-state index is 4.35. The van der Waals surface area contributed by atoms with Crippen molar-refractivity contribution in [3.8, 4) is 0 Å². The van der Waals surface area contributed by atoms with Crippen molar-refractivity contribution in [3.05, 3.63) is 39.4 Å². The number of nitrogens with zero attached hydrogens (tertiary/aromatic N) is 4. The van der Waals surface area contributed by atoms with Crippen molar-refractivity contribution in [1.29, 1.82) is 0 Å². The van der Waals surface area contributed by atoms with E-state index >= 15 is 0 Å². The molecule has 0 aliphatic heterocycles. The first-order valence-corrected chi connectivity index (χ1v) is 6.68. The van der Waals surface area contributed by atoms with E-state index in [-0.39, 0.29) is 0 Å². The molecule has 0 fully saturated rings. The van der Waals surface area contributed by atoms with E-state index in [9.17, 15) is 0 Å². The van der Waals surface area contributed by atoms with Crippen LogP contribution in [0, 0.1) is 0 Å². The Balaban J connectivity index is 1.81. The van der Waals surface area contributed by atoms with E-state index in [2.05, 4.69) is 36.3 Å². The van der Waals surface area contributed by atoms with E-state index in [0.29, 0.717) is 12.5 Å². The molecule has 3 heterocycles. The minimum absolute atomic E-state index is 0.608. The highest BCUT2D eigenvalue weighted by atomic mass is 79.9. The molecule has 7 heteroatoms. The highest BCUT2D eigenvalue weighted by Crippen LogP contribution is 2.12. The van der Waals surface area contributed by atoms with Gasteiger partial charge >= 0.3 is 0 Å². The number of nitrogens with one attached hydrogen (secondary N) is 1. The van der Waals surface area contributed by atoms with Crippen molar-refractivity contribution in [3.63, 3.8) is 0 Å². The van der Waals surface area contributed by atoms with E-state index in [1.54, 1.807) is 15.9 Å². The second-order valence-electron chi connectivity index (χ2n) is 3.42. The first-order valence-electron chi connectivity index (χ1n) is 4.94. The molecule has 3 aromatic heterocycles. The summed E-state index contributed by atoms with van der Waals surface area (Å²) in [6.45, 7) is 0.640. The maximum Gasteiger partial charge on any atom is 0.243 e. The van der Waals surface area contributed by atoms with Crippen LogP contribution in [0.1, 0.15) is 5.69 Å². The van der Waals surface area contributed by atoms with Gasteiger partial charge in [0.1, 0.15) is 0 Å². The molecular formula is C10H8BrN5S. The molecule has 0 aliphatic rings. The van der Waals surface area contributed by atoms with Crippen LogP contribution in [0.4, 0.5) is 5.95 Å². The number of hydrogen-bond acceptors (Lipinski definition) is 5. The van der Waals surface area contributed by atoms with E-state index < -0.39 is 0 Å². The van der Waals surface area contributed by atoms with Gasteiger partial charge in [-0.15, -0.1) is 16.4 Å². The predicted molar refractivity (Wildman–Crippen MR) is 70.1 cm³/mol. The molecule has 0 radical (unpaired) electrons. The van der Waals surface area contributed by atoms with E-state index in [1.165, 1.54) is 0 Å². The van der Waals surface area contributed by atoms with Crippen molar-refractivity contribution in [1.82, 2.24) is 19.6 Å². The number of fused-ring (bicyclic) bond motifs is 1. The molecule has 17 heavy (non-hydrogen) atoms. The summed E-state index contributed by atoms with van der Waals surface area (Å²) >= 11 is 4.97. The molecule has 0 amide bonds. The van der Waals surface area contributed by atoms with Crippen molar-refractivity contribution in [2.24, 2.45) is 0 Å². The fourth-order valence-corrected chi connectivity index (χ4v) is 2.31. The van der Waals surface area contributed by atoms with Gasteiger partial charge in [-0.05, 0) is 28.1 Å². The number of anilines is 1. The zero-order chi connectivity index (χ0) is 11.7. The SMILES string of the molecule is Brc1ccc2nc(NCc3cscn3)nn2c1. The summed E-state index contributed by atoms with van der Waals surface area (Å²) in [5, 5.41) is 9.45. The number of thiazole rings is 1. The fraction of sp³-hybridized carbons (Fsp3) is 0.100. The van der Waals surface area contributed by atoms with Gasteiger partial charge in [0.2, 0.25) is 5.95 Å². The van der Waals surface area contributed by atoms with Gasteiger partial charge in [-0.3, -0.25) is 0 Å². The Bertz CT molecular complexity index is 633. The standard InChI is InChI=1S/C10H8BrN5S/c11-7-1-2-9-14-10(15-16(9)4-7)12-3-8-5-17-6-13-8/h1-2,4-6H,3H2,(H,12,15). The summed E-state index contributed by atoms with van der Waals surface area (Å²) in [6, 6.07) is 3.85. The van der Waals surface area contributed by atoms with Gasteiger partial charge in [0.25, 0.3) is 0 Å². The summed E-state index contributed by atoms with van der Waals surface area (Å²) < 4.78 is 2.70. The van der Waals surface area contributed by atoms with Gasteiger partial charge in [-0.1, -0.05) is 0 Å². The summed E-state index contributed by atoms with van der Waals surface area (Å²) in [5.41, 5.74) is 3.62. The average Bonchev–Trinajstić information content (AvgIpc) is 2.94. The molecule has 0 bridgehead atoms. The highest BCUT2D eigenvalue weighted by Gasteiger charge is 2.03. The highest BCUT2D eigenvalue weighted by molar-refractivity contribution is 9.10. The van der Waals surface area contributed by atoms with Crippen LogP contribution in [0.2, 0.25) is 0 Å². The number of halogens is 1. The predicted octanol–water partition coefficient (Wildman–Crippen LogP) is 2.56. The third-order valence-corrected chi connectivity index (χ3v) is 3.31. The maximum absolute atomic E-state index is 4.35. The van der Waals surface area contributed by atoms with E-state index in [0.717, 1.165) is 15.8 Å². The molecule has 0 aliphatic carbocycles. The zero-order valence-corrected chi connectivity index (χ0v) is 11.1. The van der Waals surface area contributed by atoms with Crippen LogP contribution in [0.5, 0.6) is 0 Å². The molecule has 0 spiro atoms. The van der Waals surface area contributed by atoms with Gasteiger partial charge in [-0.25, -0.2) is 9.50 Å². The van der Waals surface area contributed by atoms with Crippen LogP contribution in [0.25, 0.3) is 5.65 Å². The third kappa shape index (κ3) is 2.29. The van der Waals surface area contributed by atoms with Gasteiger partial charge in [0, 0.05) is 16.0 Å². The number of hydrogen-bond donors (Lipinski definition) is 1. The minimum atomic E-state index is 0.608. The monoisotopic (exact) mass is 309 g/mol. The quantitative estimate of drug-likeness (QED) is 0.808. The molecule has 1 N–H and O–H groups in total. The molecule has 3 aromatic rings. The fourth-order valence-electron chi connectivity index (χ4n) is 1.43. The topological polar surface area (TPSA) is 55.1 Å². The van der Waals surface area contributed by atoms with Crippen molar-refractivity contribution < 1.29 is 0 Å². The molecule has 0 saturated heterocycles. The lowest BCUT2D eigenvalue weighted by Gasteiger charge is -1.96. The Labute approximate surface area is 110 Å². The molecular weight excluding hydrogens is 302 g/mol. The summed E-state index contributed by atoms with van der Waals surface area (Å²) in [5.74, 6) is 0.608. The van der Waals surface area contributed by atoms with Crippen LogP contribution in [0.3, 0.4) is 0 Å². The summed E-state index contributed by atoms with van der Waals surface area (Å²) in [7, 11) is 0. The lowest BCUT2D eigenvalue weighted by atomic mass is 10.5. The molecule has 0 aromatic carbocycles. The lowest BCUT2D eigenvalue weighted by molar-refractivity contribution is 0.941. The molecule has 0 unspecified atom stereocenters. The summed E-state index contributed by atoms with van der Waals surface area (Å²) in [4.78, 5) is 8.53. The summed E-state index contributed by atoms with van der Waals surface area (Å²) in [6.07, 6.45) is 1.87. The largest absolute Gasteiger partial charge is 0.347 e. The normalized spacial score (nSPS) is 10.9. The average molecular weight is 310 g/mol. The van der Waals surface area contributed by atoms with E-state index in [4.69, 9.17) is 0 Å². The van der Waals surface area contributed by atoms with E-state index in [1.807, 2.05) is 29.2 Å². The Kier molecular flexibility index (Phi) is 2.77. The van der Waals surface area contributed by atoms with Crippen LogP contribution in [0.15, 0.2) is 33.7 Å². The van der Waals surface area contributed by atoms with Crippen LogP contribution in [-0.2, 0) is 6.54 Å². The second kappa shape index (κ2) is 4.42. The van der Waals surface area contributed by atoms with Crippen molar-refractivity contribution in [2.45, 2.75) is 6.54 Å². The van der Waals surface area contributed by atoms with Gasteiger partial charge < -0.3 is 5.32 Å². The first kappa shape index (κ1) is 10.7. The minimum Gasteiger partial charge on any atom is -0.347 e. The number of rotatable bonds is 3. The number of pyridine rings is 1.